The van der Waals surface area contributed by atoms with E-state index in [-0.39, 0.29) is 3.36 Å². The van der Waals surface area contributed by atoms with Gasteiger partial charge in [-0.15, -0.1) is 0 Å². The Morgan fingerprint density at radius 2 is 1.29 bits per heavy atom. The van der Waals surface area contributed by atoms with E-state index < -0.39 is 11.7 Å². The van der Waals surface area contributed by atoms with Crippen molar-refractivity contribution in [3.05, 3.63) is 35.4 Å². The third-order valence-corrected chi connectivity index (χ3v) is 2.91. The average molecular weight is 311 g/mol. The van der Waals surface area contributed by atoms with Gasteiger partial charge in [0.25, 0.3) is 0 Å². The average Bonchev–Trinajstić information content (AvgIpc) is 2.01. The SMILES string of the molecule is C[C](C)([SbH2])c1ccc(C(F)(F)F)cc1. The standard InChI is InChI=1S/C10H10F3.Sb.2H/c1-7(2)8-3-5-9(6-4-8)10(11,12)13;;;/h3-6H,1-2H3;;;. The van der Waals surface area contributed by atoms with Crippen LogP contribution in [0.3, 0.4) is 0 Å². The maximum atomic E-state index is 12.2. The monoisotopic (exact) mass is 310 g/mol. The second-order valence-corrected chi connectivity index (χ2v) is 7.92. The molecule has 0 aliphatic rings. The second kappa shape index (κ2) is 3.77. The maximum absolute atomic E-state index is 12.2. The molecule has 0 bridgehead atoms. The molecule has 1 aromatic rings. The fraction of sp³-hybridized carbons (Fsp3) is 0.400. The van der Waals surface area contributed by atoms with Crippen LogP contribution in [-0.4, -0.2) is 23.0 Å². The summed E-state index contributed by atoms with van der Waals surface area (Å²) in [6.45, 7) is 4.05. The molecule has 0 amide bonds. The van der Waals surface area contributed by atoms with E-state index in [1.807, 2.05) is 13.8 Å². The Kier molecular flexibility index (Phi) is 3.20. The third kappa shape index (κ3) is 2.91. The number of alkyl halides is 3. The van der Waals surface area contributed by atoms with Gasteiger partial charge in [-0.1, -0.05) is 0 Å². The summed E-state index contributed by atoms with van der Waals surface area (Å²) in [6.07, 6.45) is -4.23. The summed E-state index contributed by atoms with van der Waals surface area (Å²) in [6, 6.07) is 5.42. The van der Waals surface area contributed by atoms with Gasteiger partial charge in [-0.3, -0.25) is 0 Å². The molecule has 0 saturated carbocycles. The molecule has 78 valence electrons. The first-order valence-electron chi connectivity index (χ1n) is 4.18. The number of hydrogen-bond acceptors (Lipinski definition) is 0. The Morgan fingerprint density at radius 3 is 1.57 bits per heavy atom. The third-order valence-electron chi connectivity index (χ3n) is 1.96. The zero-order valence-electron chi connectivity index (χ0n) is 8.02. The van der Waals surface area contributed by atoms with Crippen molar-refractivity contribution in [2.75, 3.05) is 0 Å². The summed E-state index contributed by atoms with van der Waals surface area (Å²) in [5.74, 6) is 0. The molecule has 0 aliphatic heterocycles. The van der Waals surface area contributed by atoms with E-state index in [0.717, 1.165) is 40.7 Å². The summed E-state index contributed by atoms with van der Waals surface area (Å²) in [4.78, 5) is 0. The molecule has 0 aliphatic carbocycles. The fourth-order valence-corrected chi connectivity index (χ4v) is 1.64. The molecule has 14 heavy (non-hydrogen) atoms. The van der Waals surface area contributed by atoms with Gasteiger partial charge in [0.1, 0.15) is 0 Å². The Morgan fingerprint density at radius 1 is 0.929 bits per heavy atom. The van der Waals surface area contributed by atoms with Crippen LogP contribution >= 0.6 is 0 Å². The van der Waals surface area contributed by atoms with Gasteiger partial charge in [-0.25, -0.2) is 0 Å². The molecule has 1 rings (SSSR count). The molecule has 0 fully saturated rings. The van der Waals surface area contributed by atoms with Crippen molar-refractivity contribution < 1.29 is 13.2 Å². The quantitative estimate of drug-likeness (QED) is 0.699. The van der Waals surface area contributed by atoms with E-state index in [4.69, 9.17) is 0 Å². The number of benzene rings is 1. The minimum absolute atomic E-state index is 0.0230. The van der Waals surface area contributed by atoms with E-state index in [1.54, 1.807) is 12.1 Å². The normalized spacial score (nSPS) is 13.0. The van der Waals surface area contributed by atoms with Crippen molar-refractivity contribution in [3.8, 4) is 0 Å². The molecule has 1 aromatic carbocycles. The first kappa shape index (κ1) is 11.9. The van der Waals surface area contributed by atoms with Gasteiger partial charge < -0.3 is 0 Å². The van der Waals surface area contributed by atoms with E-state index in [1.165, 1.54) is 0 Å². The van der Waals surface area contributed by atoms with Crippen LogP contribution in [0.5, 0.6) is 0 Å². The first-order valence-corrected chi connectivity index (χ1v) is 5.82. The minimum atomic E-state index is -4.23. The molecule has 0 N–H and O–H groups in total. The van der Waals surface area contributed by atoms with Crippen LogP contribution in [0.15, 0.2) is 24.3 Å². The zero-order chi connectivity index (χ0) is 11.0. The second-order valence-electron chi connectivity index (χ2n) is 3.80. The Bertz CT molecular complexity index is 273. The van der Waals surface area contributed by atoms with Gasteiger partial charge in [0.05, 0.1) is 0 Å². The van der Waals surface area contributed by atoms with Crippen LogP contribution < -0.4 is 0 Å². The molecule has 0 spiro atoms. The molecule has 4 heteroatoms. The van der Waals surface area contributed by atoms with E-state index in [0.29, 0.717) is 0 Å². The van der Waals surface area contributed by atoms with Gasteiger partial charge in [0, 0.05) is 0 Å². The van der Waals surface area contributed by atoms with Crippen LogP contribution in [0, 0.1) is 0 Å². The number of rotatable bonds is 1. The molecule has 0 unspecified atom stereocenters. The van der Waals surface area contributed by atoms with E-state index in [9.17, 15) is 13.2 Å². The van der Waals surface area contributed by atoms with Gasteiger partial charge in [0.2, 0.25) is 0 Å². The predicted molar refractivity (Wildman–Crippen MR) is 53.0 cm³/mol. The van der Waals surface area contributed by atoms with Crippen LogP contribution in [0.1, 0.15) is 25.0 Å². The number of halogens is 3. The number of hydrogen-bond donors (Lipinski definition) is 0. The Hall–Kier alpha value is -0.172. The summed E-state index contributed by atoms with van der Waals surface area (Å²) in [7, 11) is 0. The van der Waals surface area contributed by atoms with Crippen molar-refractivity contribution in [2.24, 2.45) is 0 Å². The van der Waals surface area contributed by atoms with Crippen LogP contribution in [0.25, 0.3) is 0 Å². The Labute approximate surface area is 95.0 Å². The van der Waals surface area contributed by atoms with Crippen molar-refractivity contribution in [3.63, 3.8) is 0 Å². The molecular weight excluding hydrogens is 299 g/mol. The molecule has 0 aromatic heterocycles. The molecule has 0 saturated heterocycles. The molecule has 0 radical (unpaired) electrons. The van der Waals surface area contributed by atoms with Crippen molar-refractivity contribution in [1.82, 2.24) is 0 Å². The summed E-state index contributed by atoms with van der Waals surface area (Å²) in [5.41, 5.74) is 0.388. The molecule has 0 heterocycles. The summed E-state index contributed by atoms with van der Waals surface area (Å²) in [5, 5.41) is 0. The van der Waals surface area contributed by atoms with Crippen molar-refractivity contribution in [1.29, 1.82) is 0 Å². The van der Waals surface area contributed by atoms with Gasteiger partial charge >= 0.3 is 95.0 Å². The van der Waals surface area contributed by atoms with Gasteiger partial charge in [-0.2, -0.15) is 0 Å². The fourth-order valence-electron chi connectivity index (χ4n) is 1.09. The van der Waals surface area contributed by atoms with Crippen LogP contribution in [0.4, 0.5) is 13.2 Å². The summed E-state index contributed by atoms with van der Waals surface area (Å²) >= 11 is 0.988. The summed E-state index contributed by atoms with van der Waals surface area (Å²) < 4.78 is 36.7. The van der Waals surface area contributed by atoms with Crippen LogP contribution in [-0.2, 0) is 9.54 Å². The van der Waals surface area contributed by atoms with Crippen LogP contribution in [0.2, 0.25) is 0 Å². The molecular formula is C10H12F3Sb. The van der Waals surface area contributed by atoms with Crippen molar-refractivity contribution in [2.45, 2.75) is 23.4 Å². The Balaban J connectivity index is 3.02. The molecule has 0 atom stereocenters. The zero-order valence-corrected chi connectivity index (χ0v) is 11.3. The van der Waals surface area contributed by atoms with Gasteiger partial charge in [-0.05, 0) is 0 Å². The first-order chi connectivity index (χ1) is 6.21. The molecule has 0 nitrogen and oxygen atoms in total. The van der Waals surface area contributed by atoms with Crippen molar-refractivity contribution >= 4 is 23.0 Å². The van der Waals surface area contributed by atoms with Gasteiger partial charge in [0.15, 0.2) is 0 Å². The predicted octanol–water partition coefficient (Wildman–Crippen LogP) is 2.57. The van der Waals surface area contributed by atoms with E-state index in [2.05, 4.69) is 0 Å². The van der Waals surface area contributed by atoms with E-state index >= 15 is 0 Å². The topological polar surface area (TPSA) is 0 Å².